The van der Waals surface area contributed by atoms with Crippen LogP contribution in [0.3, 0.4) is 0 Å². The second-order valence-corrected chi connectivity index (χ2v) is 5.80. The second kappa shape index (κ2) is 6.19. The molecule has 3 rings (SSSR count). The summed E-state index contributed by atoms with van der Waals surface area (Å²) < 4.78 is 5.78. The first kappa shape index (κ1) is 14.0. The lowest BCUT2D eigenvalue weighted by Crippen LogP contribution is -2.40. The summed E-state index contributed by atoms with van der Waals surface area (Å²) in [5.74, 6) is 0.814. The van der Waals surface area contributed by atoms with Crippen LogP contribution in [0.2, 0.25) is 0 Å². The first-order valence-electron chi connectivity index (χ1n) is 6.73. The lowest BCUT2D eigenvalue weighted by Gasteiger charge is -2.24. The van der Waals surface area contributed by atoms with Crippen molar-refractivity contribution in [1.82, 2.24) is 15.1 Å². The average molecular weight is 304 g/mol. The van der Waals surface area contributed by atoms with Crippen molar-refractivity contribution in [3.8, 4) is 5.75 Å². The molecule has 110 valence electrons. The van der Waals surface area contributed by atoms with Gasteiger partial charge in [-0.2, -0.15) is 0 Å². The maximum Gasteiger partial charge on any atom is 0.240 e. The van der Waals surface area contributed by atoms with Crippen molar-refractivity contribution in [2.75, 3.05) is 18.5 Å². The summed E-state index contributed by atoms with van der Waals surface area (Å²) in [7, 11) is 0. The van der Waals surface area contributed by atoms with Crippen molar-refractivity contribution in [2.45, 2.75) is 19.5 Å². The number of hydrogen-bond donors (Lipinski definition) is 1. The van der Waals surface area contributed by atoms with Crippen LogP contribution in [0, 0.1) is 0 Å². The minimum atomic E-state index is -0.0852. The molecular formula is C14H16N4O2S. The van der Waals surface area contributed by atoms with Crippen LogP contribution in [0.25, 0.3) is 0 Å². The van der Waals surface area contributed by atoms with Gasteiger partial charge in [0.2, 0.25) is 11.0 Å². The van der Waals surface area contributed by atoms with E-state index in [2.05, 4.69) is 27.3 Å². The molecular weight excluding hydrogens is 288 g/mol. The van der Waals surface area contributed by atoms with Gasteiger partial charge in [-0.15, -0.1) is 10.2 Å². The van der Waals surface area contributed by atoms with E-state index in [9.17, 15) is 4.79 Å². The molecule has 0 fully saturated rings. The first-order chi connectivity index (χ1) is 10.2. The Morgan fingerprint density at radius 3 is 3.19 bits per heavy atom. The fraction of sp³-hybridized carbons (Fsp3) is 0.357. The highest BCUT2D eigenvalue weighted by Gasteiger charge is 2.23. The molecule has 0 bridgehead atoms. The summed E-state index contributed by atoms with van der Waals surface area (Å²) in [6, 6.07) is 8.10. The van der Waals surface area contributed by atoms with Crippen molar-refractivity contribution < 1.29 is 9.53 Å². The highest BCUT2D eigenvalue weighted by Crippen LogP contribution is 2.24. The van der Waals surface area contributed by atoms with Crippen molar-refractivity contribution in [3.05, 3.63) is 35.3 Å². The first-order valence-corrected chi connectivity index (χ1v) is 7.61. The molecule has 6 nitrogen and oxygen atoms in total. The Labute approximate surface area is 126 Å². The summed E-state index contributed by atoms with van der Waals surface area (Å²) in [5.41, 5.74) is 2.69. The Morgan fingerprint density at radius 2 is 2.38 bits per heavy atom. The molecule has 0 saturated heterocycles. The number of aromatic nitrogens is 2. The molecule has 0 radical (unpaired) electrons. The van der Waals surface area contributed by atoms with E-state index >= 15 is 0 Å². The molecule has 7 heteroatoms. The predicted molar refractivity (Wildman–Crippen MR) is 80.3 cm³/mol. The number of hydrogen-bond acceptors (Lipinski definition) is 6. The summed E-state index contributed by atoms with van der Waals surface area (Å²) in [5, 5.41) is 10.8. The number of para-hydroxylation sites is 1. The van der Waals surface area contributed by atoms with Gasteiger partial charge in [0.1, 0.15) is 17.9 Å². The number of nitrogens with one attached hydrogen (secondary N) is 1. The molecule has 21 heavy (non-hydrogen) atoms. The molecule has 1 aromatic carbocycles. The number of carbonyl (C=O) groups is 1. The van der Waals surface area contributed by atoms with Gasteiger partial charge in [-0.1, -0.05) is 29.5 Å². The van der Waals surface area contributed by atoms with Crippen LogP contribution >= 0.6 is 11.3 Å². The fourth-order valence-corrected chi connectivity index (χ4v) is 2.71. The largest absolute Gasteiger partial charge is 0.492 e. The smallest absolute Gasteiger partial charge is 0.240 e. The van der Waals surface area contributed by atoms with Gasteiger partial charge in [0.05, 0.1) is 6.54 Å². The third-order valence-corrected chi connectivity index (χ3v) is 4.01. The number of amides is 1. The Hall–Kier alpha value is -1.99. The number of nitrogens with zero attached hydrogens (tertiary/aromatic N) is 3. The van der Waals surface area contributed by atoms with E-state index in [4.69, 9.17) is 4.74 Å². The number of fused-ring (bicyclic) bond motifs is 1. The number of anilines is 1. The minimum Gasteiger partial charge on any atom is -0.492 e. The number of rotatable bonds is 3. The van der Waals surface area contributed by atoms with Gasteiger partial charge >= 0.3 is 0 Å². The van der Waals surface area contributed by atoms with Gasteiger partial charge in [-0.05, 0) is 13.0 Å². The van der Waals surface area contributed by atoms with E-state index in [0.29, 0.717) is 24.8 Å². The quantitative estimate of drug-likeness (QED) is 0.936. The van der Waals surface area contributed by atoms with Crippen LogP contribution in [-0.4, -0.2) is 40.2 Å². The lowest BCUT2D eigenvalue weighted by atomic mass is 10.2. The van der Waals surface area contributed by atoms with E-state index in [1.54, 1.807) is 5.51 Å². The van der Waals surface area contributed by atoms with Gasteiger partial charge in [0, 0.05) is 18.2 Å². The molecule has 1 unspecified atom stereocenters. The zero-order chi connectivity index (χ0) is 14.7. The monoisotopic (exact) mass is 304 g/mol. The molecule has 0 saturated carbocycles. The van der Waals surface area contributed by atoms with E-state index < -0.39 is 0 Å². The number of ether oxygens (including phenoxy) is 1. The molecule has 2 aromatic rings. The molecule has 1 aliphatic rings. The summed E-state index contributed by atoms with van der Waals surface area (Å²) in [4.78, 5) is 14.2. The second-order valence-electron chi connectivity index (χ2n) is 4.96. The molecule has 0 spiro atoms. The van der Waals surface area contributed by atoms with Gasteiger partial charge < -0.3 is 4.74 Å². The van der Waals surface area contributed by atoms with Crippen molar-refractivity contribution in [1.29, 1.82) is 0 Å². The highest BCUT2D eigenvalue weighted by atomic mass is 32.1. The summed E-state index contributed by atoms with van der Waals surface area (Å²) >= 11 is 1.31. The van der Waals surface area contributed by atoms with E-state index in [0.717, 1.165) is 11.3 Å². The Bertz CT molecular complexity index is 617. The third-order valence-electron chi connectivity index (χ3n) is 3.40. The molecule has 1 amide bonds. The minimum absolute atomic E-state index is 0.0852. The summed E-state index contributed by atoms with van der Waals surface area (Å²) in [6.07, 6.45) is 0. The molecule has 1 N–H and O–H groups in total. The van der Waals surface area contributed by atoms with Crippen molar-refractivity contribution in [3.63, 3.8) is 0 Å². The van der Waals surface area contributed by atoms with Crippen LogP contribution < -0.4 is 10.1 Å². The SMILES string of the molecule is CC1COc2ccccc2CN1CC(=O)Nc1nncs1. The van der Waals surface area contributed by atoms with E-state index in [-0.39, 0.29) is 11.9 Å². The highest BCUT2D eigenvalue weighted by molar-refractivity contribution is 7.13. The van der Waals surface area contributed by atoms with Crippen LogP contribution in [0.4, 0.5) is 5.13 Å². The third kappa shape index (κ3) is 3.37. The standard InChI is InChI=1S/C14H16N4O2S/c1-10-8-20-12-5-3-2-4-11(12)6-18(10)7-13(19)16-14-17-15-9-21-14/h2-5,9-10H,6-8H2,1H3,(H,16,17,19). The van der Waals surface area contributed by atoms with E-state index in [1.807, 2.05) is 24.3 Å². The van der Waals surface area contributed by atoms with Crippen molar-refractivity contribution >= 4 is 22.4 Å². The lowest BCUT2D eigenvalue weighted by molar-refractivity contribution is -0.118. The van der Waals surface area contributed by atoms with Crippen LogP contribution in [0.15, 0.2) is 29.8 Å². The summed E-state index contributed by atoms with van der Waals surface area (Å²) in [6.45, 7) is 3.63. The zero-order valence-corrected chi connectivity index (χ0v) is 12.5. The van der Waals surface area contributed by atoms with Gasteiger partial charge in [-0.3, -0.25) is 15.0 Å². The number of carbonyl (C=O) groups excluding carboxylic acids is 1. The fourth-order valence-electron chi connectivity index (χ4n) is 2.25. The molecule has 1 aliphatic heterocycles. The zero-order valence-electron chi connectivity index (χ0n) is 11.7. The Balaban J connectivity index is 1.68. The predicted octanol–water partition coefficient (Wildman–Crippen LogP) is 1.76. The van der Waals surface area contributed by atoms with Gasteiger partial charge in [0.25, 0.3) is 0 Å². The van der Waals surface area contributed by atoms with Gasteiger partial charge in [-0.25, -0.2) is 0 Å². The number of benzene rings is 1. The topological polar surface area (TPSA) is 67.3 Å². The molecule has 0 aliphatic carbocycles. The normalized spacial score (nSPS) is 18.4. The Kier molecular flexibility index (Phi) is 4.12. The Morgan fingerprint density at radius 1 is 1.52 bits per heavy atom. The van der Waals surface area contributed by atoms with Crippen LogP contribution in [0.1, 0.15) is 12.5 Å². The van der Waals surface area contributed by atoms with E-state index in [1.165, 1.54) is 11.3 Å². The maximum atomic E-state index is 12.1. The maximum absolute atomic E-state index is 12.1. The molecule has 1 atom stereocenters. The molecule has 1 aromatic heterocycles. The van der Waals surface area contributed by atoms with Crippen molar-refractivity contribution in [2.24, 2.45) is 0 Å². The molecule has 2 heterocycles. The van der Waals surface area contributed by atoms with Crippen LogP contribution in [-0.2, 0) is 11.3 Å². The van der Waals surface area contributed by atoms with Crippen LogP contribution in [0.5, 0.6) is 5.75 Å². The van der Waals surface area contributed by atoms with Gasteiger partial charge in [0.15, 0.2) is 0 Å². The average Bonchev–Trinajstić information content (AvgIpc) is 2.92.